The van der Waals surface area contributed by atoms with Crippen molar-refractivity contribution in [3.05, 3.63) is 36.5 Å². The minimum atomic E-state index is 0.706. The quantitative estimate of drug-likeness (QED) is 0.702. The highest BCUT2D eigenvalue weighted by atomic mass is 16.5. The molecule has 18 heavy (non-hydrogen) atoms. The van der Waals surface area contributed by atoms with Gasteiger partial charge in [0.2, 0.25) is 5.88 Å². The number of para-hydroxylation sites is 1. The van der Waals surface area contributed by atoms with E-state index in [1.165, 1.54) is 10.8 Å². The molecule has 92 valence electrons. The molecule has 1 aromatic carbocycles. The van der Waals surface area contributed by atoms with Gasteiger partial charge in [0, 0.05) is 22.5 Å². The average Bonchev–Trinajstić information content (AvgIpc) is 2.79. The summed E-state index contributed by atoms with van der Waals surface area (Å²) in [6.45, 7) is 2.87. The van der Waals surface area contributed by atoms with Crippen LogP contribution in [0.15, 0.2) is 36.5 Å². The van der Waals surface area contributed by atoms with E-state index in [1.807, 2.05) is 24.4 Å². The molecule has 0 fully saturated rings. The molecule has 0 aliphatic heterocycles. The summed E-state index contributed by atoms with van der Waals surface area (Å²) in [5, 5.41) is 2.39. The molecule has 0 atom stereocenters. The summed E-state index contributed by atoms with van der Waals surface area (Å²) in [6.07, 6.45) is 3.99. The number of hydrogen-bond donors (Lipinski definition) is 1. The number of pyridine rings is 1. The maximum absolute atomic E-state index is 5.75. The van der Waals surface area contributed by atoms with Crippen molar-refractivity contribution < 1.29 is 4.74 Å². The minimum Gasteiger partial charge on any atom is -0.476 e. The fourth-order valence-electron chi connectivity index (χ4n) is 2.17. The van der Waals surface area contributed by atoms with Crippen LogP contribution in [0.2, 0.25) is 0 Å². The molecule has 0 saturated heterocycles. The Labute approximate surface area is 106 Å². The summed E-state index contributed by atoms with van der Waals surface area (Å²) in [5.74, 6) is 0.706. The van der Waals surface area contributed by atoms with Crippen LogP contribution in [0, 0.1) is 0 Å². The second kappa shape index (κ2) is 4.69. The number of unbranched alkanes of at least 4 members (excludes halogenated alkanes) is 1. The number of H-pyrrole nitrogens is 1. The lowest BCUT2D eigenvalue weighted by Gasteiger charge is -2.04. The average molecular weight is 240 g/mol. The van der Waals surface area contributed by atoms with Crippen LogP contribution in [0.3, 0.4) is 0 Å². The lowest BCUT2D eigenvalue weighted by atomic mass is 10.2. The topological polar surface area (TPSA) is 37.9 Å². The smallest absolute Gasteiger partial charge is 0.238 e. The zero-order valence-corrected chi connectivity index (χ0v) is 10.4. The van der Waals surface area contributed by atoms with Gasteiger partial charge in [-0.15, -0.1) is 0 Å². The fraction of sp³-hybridized carbons (Fsp3) is 0.267. The summed E-state index contributed by atoms with van der Waals surface area (Å²) < 4.78 is 5.75. The summed E-state index contributed by atoms with van der Waals surface area (Å²) in [7, 11) is 0. The Morgan fingerprint density at radius 2 is 2.06 bits per heavy atom. The van der Waals surface area contributed by atoms with Crippen LogP contribution in [-0.2, 0) is 0 Å². The number of hydrogen-bond acceptors (Lipinski definition) is 2. The van der Waals surface area contributed by atoms with Crippen molar-refractivity contribution in [3.8, 4) is 5.88 Å². The minimum absolute atomic E-state index is 0.706. The van der Waals surface area contributed by atoms with E-state index in [4.69, 9.17) is 4.74 Å². The second-order valence-electron chi connectivity index (χ2n) is 4.41. The Bertz CT molecular complexity index is 672. The van der Waals surface area contributed by atoms with E-state index in [1.54, 1.807) is 0 Å². The predicted octanol–water partition coefficient (Wildman–Crippen LogP) is 3.90. The first-order valence-corrected chi connectivity index (χ1v) is 6.38. The van der Waals surface area contributed by atoms with Crippen LogP contribution < -0.4 is 4.74 Å². The van der Waals surface area contributed by atoms with Gasteiger partial charge in [-0.3, -0.25) is 0 Å². The molecule has 2 heterocycles. The third kappa shape index (κ3) is 1.82. The molecule has 1 N–H and O–H groups in total. The molecule has 0 radical (unpaired) electrons. The number of fused-ring (bicyclic) bond motifs is 3. The molecule has 3 nitrogen and oxygen atoms in total. The van der Waals surface area contributed by atoms with Crippen molar-refractivity contribution in [2.75, 3.05) is 6.61 Å². The monoisotopic (exact) mass is 240 g/mol. The van der Waals surface area contributed by atoms with Crippen LogP contribution in [0.5, 0.6) is 5.88 Å². The maximum Gasteiger partial charge on any atom is 0.238 e. The van der Waals surface area contributed by atoms with Gasteiger partial charge in [-0.2, -0.15) is 0 Å². The molecule has 0 aliphatic carbocycles. The highest BCUT2D eigenvalue weighted by Gasteiger charge is 2.09. The van der Waals surface area contributed by atoms with Crippen LogP contribution in [0.4, 0.5) is 0 Å². The number of benzene rings is 1. The Morgan fingerprint density at radius 3 is 2.94 bits per heavy atom. The Morgan fingerprint density at radius 1 is 1.17 bits per heavy atom. The third-order valence-electron chi connectivity index (χ3n) is 3.13. The number of rotatable bonds is 4. The zero-order chi connectivity index (χ0) is 12.4. The first kappa shape index (κ1) is 11.1. The predicted molar refractivity (Wildman–Crippen MR) is 74.0 cm³/mol. The Hall–Kier alpha value is -2.03. The molecule has 0 saturated carbocycles. The fourth-order valence-corrected chi connectivity index (χ4v) is 2.17. The van der Waals surface area contributed by atoms with E-state index in [0.29, 0.717) is 5.88 Å². The van der Waals surface area contributed by atoms with E-state index >= 15 is 0 Å². The normalized spacial score (nSPS) is 11.2. The highest BCUT2D eigenvalue weighted by Crippen LogP contribution is 2.29. The van der Waals surface area contributed by atoms with Crippen LogP contribution in [-0.4, -0.2) is 16.6 Å². The maximum atomic E-state index is 5.75. The molecule has 0 bridgehead atoms. The summed E-state index contributed by atoms with van der Waals surface area (Å²) >= 11 is 0. The van der Waals surface area contributed by atoms with E-state index < -0.39 is 0 Å². The molecule has 3 aromatic rings. The largest absolute Gasteiger partial charge is 0.476 e. The summed E-state index contributed by atoms with van der Waals surface area (Å²) in [4.78, 5) is 7.71. The lowest BCUT2D eigenvalue weighted by Crippen LogP contribution is -1.98. The van der Waals surface area contributed by atoms with E-state index in [0.717, 1.165) is 30.5 Å². The number of nitrogens with zero attached hydrogens (tertiary/aromatic N) is 1. The van der Waals surface area contributed by atoms with Crippen molar-refractivity contribution in [2.45, 2.75) is 19.8 Å². The molecule has 2 aromatic heterocycles. The van der Waals surface area contributed by atoms with Crippen LogP contribution in [0.25, 0.3) is 21.8 Å². The van der Waals surface area contributed by atoms with Gasteiger partial charge < -0.3 is 9.72 Å². The first-order chi connectivity index (χ1) is 8.90. The molecular formula is C15H16N2O. The zero-order valence-electron chi connectivity index (χ0n) is 10.4. The number of aromatic amines is 1. The first-order valence-electron chi connectivity index (χ1n) is 6.38. The molecule has 3 heteroatoms. The van der Waals surface area contributed by atoms with Crippen molar-refractivity contribution in [1.29, 1.82) is 0 Å². The van der Waals surface area contributed by atoms with Crippen LogP contribution >= 0.6 is 0 Å². The van der Waals surface area contributed by atoms with Crippen LogP contribution in [0.1, 0.15) is 19.8 Å². The number of nitrogens with one attached hydrogen (secondary N) is 1. The van der Waals surface area contributed by atoms with Crippen molar-refractivity contribution >= 4 is 21.8 Å². The SMILES string of the molecule is CCCCOc1nccc2c1[nH]c1ccccc12. The van der Waals surface area contributed by atoms with E-state index in [9.17, 15) is 0 Å². The second-order valence-corrected chi connectivity index (χ2v) is 4.41. The molecule has 3 rings (SSSR count). The van der Waals surface area contributed by atoms with Gasteiger partial charge in [0.15, 0.2) is 0 Å². The summed E-state index contributed by atoms with van der Waals surface area (Å²) in [5.41, 5.74) is 2.12. The number of ether oxygens (including phenoxy) is 1. The van der Waals surface area contributed by atoms with E-state index in [-0.39, 0.29) is 0 Å². The standard InChI is InChI=1S/C15H16N2O/c1-2-3-10-18-15-14-12(8-9-16-15)11-6-4-5-7-13(11)17-14/h4-9,17H,2-3,10H2,1H3. The van der Waals surface area contributed by atoms with Gasteiger partial charge >= 0.3 is 0 Å². The molecule has 0 unspecified atom stereocenters. The van der Waals surface area contributed by atoms with Gasteiger partial charge in [0.25, 0.3) is 0 Å². The Kier molecular flexibility index (Phi) is 2.89. The molecular weight excluding hydrogens is 224 g/mol. The molecule has 0 amide bonds. The Balaban J connectivity index is 2.09. The van der Waals surface area contributed by atoms with Gasteiger partial charge in [0.05, 0.1) is 6.61 Å². The van der Waals surface area contributed by atoms with Gasteiger partial charge in [-0.1, -0.05) is 31.5 Å². The molecule has 0 spiro atoms. The summed E-state index contributed by atoms with van der Waals surface area (Å²) in [6, 6.07) is 10.3. The molecule has 0 aliphatic rings. The van der Waals surface area contributed by atoms with Crippen molar-refractivity contribution in [2.24, 2.45) is 0 Å². The van der Waals surface area contributed by atoms with Crippen molar-refractivity contribution in [3.63, 3.8) is 0 Å². The third-order valence-corrected chi connectivity index (χ3v) is 3.13. The van der Waals surface area contributed by atoms with Gasteiger partial charge in [0.1, 0.15) is 5.52 Å². The lowest BCUT2D eigenvalue weighted by molar-refractivity contribution is 0.301. The van der Waals surface area contributed by atoms with E-state index in [2.05, 4.69) is 29.0 Å². The van der Waals surface area contributed by atoms with Gasteiger partial charge in [-0.05, 0) is 18.6 Å². The van der Waals surface area contributed by atoms with Gasteiger partial charge in [-0.25, -0.2) is 4.98 Å². The number of aromatic nitrogens is 2. The highest BCUT2D eigenvalue weighted by molar-refractivity contribution is 6.08. The van der Waals surface area contributed by atoms with Crippen molar-refractivity contribution in [1.82, 2.24) is 9.97 Å².